The van der Waals surface area contributed by atoms with Gasteiger partial charge in [0, 0.05) is 4.88 Å². The van der Waals surface area contributed by atoms with Gasteiger partial charge in [-0.3, -0.25) is 4.79 Å². The third-order valence-corrected chi connectivity index (χ3v) is 7.40. The number of rotatable bonds is 7. The number of ether oxygens (including phenoxy) is 2. The molecule has 178 valence electrons. The normalized spacial score (nSPS) is 16.4. The van der Waals surface area contributed by atoms with Crippen LogP contribution in [-0.4, -0.2) is 39.0 Å². The molecular formula is C22H26N2O7S2. The van der Waals surface area contributed by atoms with E-state index in [1.165, 1.54) is 42.5 Å². The summed E-state index contributed by atoms with van der Waals surface area (Å²) in [4.78, 5) is 38.6. The molecule has 3 N–H and O–H groups in total. The highest BCUT2D eigenvalue weighted by Crippen LogP contribution is 2.40. The number of carbonyl (C=O) groups is 3. The first-order valence-corrected chi connectivity index (χ1v) is 12.8. The summed E-state index contributed by atoms with van der Waals surface area (Å²) >= 11 is 1.34. The topological polar surface area (TPSA) is 142 Å². The van der Waals surface area contributed by atoms with Gasteiger partial charge in [-0.15, -0.1) is 11.3 Å². The van der Waals surface area contributed by atoms with Gasteiger partial charge < -0.3 is 14.8 Å². The van der Waals surface area contributed by atoms with Gasteiger partial charge in [0.2, 0.25) is 10.0 Å². The summed E-state index contributed by atoms with van der Waals surface area (Å²) in [5, 5.41) is 8.14. The Morgan fingerprint density at radius 1 is 1.21 bits per heavy atom. The molecule has 0 fully saturated rings. The Labute approximate surface area is 196 Å². The maximum Gasteiger partial charge on any atom is 0.341 e. The Balaban J connectivity index is 1.74. The Kier molecular flexibility index (Phi) is 7.55. The van der Waals surface area contributed by atoms with Gasteiger partial charge in [0.1, 0.15) is 5.00 Å². The molecule has 1 aromatic carbocycles. The second-order valence-electron chi connectivity index (χ2n) is 7.88. The van der Waals surface area contributed by atoms with Gasteiger partial charge in [-0.2, -0.15) is 0 Å². The number of hydrogen-bond donors (Lipinski definition) is 2. The molecule has 1 heterocycles. The predicted molar refractivity (Wildman–Crippen MR) is 123 cm³/mol. The molecule has 3 rings (SSSR count). The molecule has 0 bridgehead atoms. The van der Waals surface area contributed by atoms with E-state index in [-0.39, 0.29) is 17.1 Å². The molecule has 2 aromatic rings. The number of thiophene rings is 1. The first-order chi connectivity index (χ1) is 15.5. The summed E-state index contributed by atoms with van der Waals surface area (Å²) in [6.45, 7) is 5.48. The fourth-order valence-corrected chi connectivity index (χ4v) is 5.45. The van der Waals surface area contributed by atoms with Crippen LogP contribution in [0, 0.1) is 5.92 Å². The van der Waals surface area contributed by atoms with Crippen molar-refractivity contribution in [2.45, 2.75) is 51.0 Å². The van der Waals surface area contributed by atoms with E-state index in [4.69, 9.17) is 14.6 Å². The molecule has 0 radical (unpaired) electrons. The number of nitrogens with one attached hydrogen (secondary N) is 1. The smallest absolute Gasteiger partial charge is 0.341 e. The molecule has 1 aromatic heterocycles. The molecule has 2 atom stereocenters. The van der Waals surface area contributed by atoms with E-state index < -0.39 is 34.0 Å². The summed E-state index contributed by atoms with van der Waals surface area (Å²) in [6.07, 6.45) is 1.34. The van der Waals surface area contributed by atoms with Crippen molar-refractivity contribution in [3.8, 4) is 0 Å². The molecule has 33 heavy (non-hydrogen) atoms. The Morgan fingerprint density at radius 2 is 1.88 bits per heavy atom. The highest BCUT2D eigenvalue weighted by atomic mass is 32.2. The third-order valence-electron chi connectivity index (χ3n) is 5.30. The van der Waals surface area contributed by atoms with Crippen LogP contribution in [0.4, 0.5) is 5.00 Å². The van der Waals surface area contributed by atoms with Gasteiger partial charge >= 0.3 is 11.9 Å². The molecule has 0 saturated heterocycles. The molecule has 1 aliphatic carbocycles. The lowest BCUT2D eigenvalue weighted by atomic mass is 9.88. The summed E-state index contributed by atoms with van der Waals surface area (Å²) < 4.78 is 33.1. The quantitative estimate of drug-likeness (QED) is 0.564. The monoisotopic (exact) mass is 494 g/mol. The maximum atomic E-state index is 12.7. The lowest BCUT2D eigenvalue weighted by Gasteiger charge is -2.18. The SMILES string of the molecule is CCOC(=O)c1c(NC(=O)[C@H](C)OC(=O)c2ccc(S(N)(=O)=O)cc2)sc2c1CC[C@H](C)C2. The molecule has 1 aliphatic rings. The molecule has 0 spiro atoms. The fourth-order valence-electron chi connectivity index (χ4n) is 3.53. The second kappa shape index (κ2) is 10.0. The van der Waals surface area contributed by atoms with Crippen LogP contribution in [0.3, 0.4) is 0 Å². The van der Waals surface area contributed by atoms with Gasteiger partial charge in [-0.05, 0) is 68.9 Å². The van der Waals surface area contributed by atoms with Crippen LogP contribution in [0.5, 0.6) is 0 Å². The summed E-state index contributed by atoms with van der Waals surface area (Å²) in [7, 11) is -3.89. The van der Waals surface area contributed by atoms with Crippen LogP contribution in [0.15, 0.2) is 29.2 Å². The summed E-state index contributed by atoms with van der Waals surface area (Å²) in [6, 6.07) is 4.86. The van der Waals surface area contributed by atoms with Gasteiger partial charge in [-0.1, -0.05) is 6.92 Å². The number of esters is 2. The minimum absolute atomic E-state index is 0.0647. The number of amides is 1. The lowest BCUT2D eigenvalue weighted by molar-refractivity contribution is -0.123. The first kappa shape index (κ1) is 24.9. The first-order valence-electron chi connectivity index (χ1n) is 10.5. The number of primary sulfonamides is 1. The zero-order valence-corrected chi connectivity index (χ0v) is 20.2. The highest BCUT2D eigenvalue weighted by molar-refractivity contribution is 7.89. The number of carbonyl (C=O) groups excluding carboxylic acids is 3. The van der Waals surface area contributed by atoms with E-state index >= 15 is 0 Å². The van der Waals surface area contributed by atoms with E-state index in [1.54, 1.807) is 6.92 Å². The number of nitrogens with two attached hydrogens (primary N) is 1. The van der Waals surface area contributed by atoms with Crippen LogP contribution in [0.25, 0.3) is 0 Å². The molecular weight excluding hydrogens is 468 g/mol. The van der Waals surface area contributed by atoms with E-state index in [9.17, 15) is 22.8 Å². The van der Waals surface area contributed by atoms with Crippen LogP contribution >= 0.6 is 11.3 Å². The van der Waals surface area contributed by atoms with E-state index in [1.807, 2.05) is 0 Å². The van der Waals surface area contributed by atoms with Crippen molar-refractivity contribution in [3.05, 3.63) is 45.8 Å². The van der Waals surface area contributed by atoms with Crippen molar-refractivity contribution in [1.29, 1.82) is 0 Å². The van der Waals surface area contributed by atoms with Crippen LogP contribution < -0.4 is 10.5 Å². The summed E-state index contributed by atoms with van der Waals surface area (Å²) in [5.74, 6) is -1.40. The minimum atomic E-state index is -3.89. The maximum absolute atomic E-state index is 12.7. The van der Waals surface area contributed by atoms with Crippen LogP contribution in [0.1, 0.15) is 58.3 Å². The Hall–Kier alpha value is -2.76. The Morgan fingerprint density at radius 3 is 2.48 bits per heavy atom. The van der Waals surface area contributed by atoms with Gasteiger partial charge in [0.25, 0.3) is 5.91 Å². The number of benzene rings is 1. The molecule has 9 nitrogen and oxygen atoms in total. The fraction of sp³-hybridized carbons (Fsp3) is 0.409. The van der Waals surface area contributed by atoms with Gasteiger partial charge in [0.15, 0.2) is 6.10 Å². The minimum Gasteiger partial charge on any atom is -0.462 e. The molecule has 0 saturated carbocycles. The third kappa shape index (κ3) is 5.79. The van der Waals surface area contributed by atoms with Crippen molar-refractivity contribution in [3.63, 3.8) is 0 Å². The second-order valence-corrected chi connectivity index (χ2v) is 10.5. The van der Waals surface area contributed by atoms with Crippen molar-refractivity contribution < 1.29 is 32.3 Å². The zero-order valence-electron chi connectivity index (χ0n) is 18.5. The van der Waals surface area contributed by atoms with Gasteiger partial charge in [0.05, 0.1) is 22.6 Å². The largest absolute Gasteiger partial charge is 0.462 e. The highest BCUT2D eigenvalue weighted by Gasteiger charge is 2.30. The summed E-state index contributed by atoms with van der Waals surface area (Å²) in [5.41, 5.74) is 1.34. The van der Waals surface area contributed by atoms with Crippen molar-refractivity contribution in [2.24, 2.45) is 11.1 Å². The van der Waals surface area contributed by atoms with Crippen molar-refractivity contribution >= 4 is 44.2 Å². The number of anilines is 1. The molecule has 1 amide bonds. The lowest BCUT2D eigenvalue weighted by Crippen LogP contribution is -2.30. The van der Waals surface area contributed by atoms with E-state index in [0.29, 0.717) is 16.5 Å². The molecule has 0 aliphatic heterocycles. The average Bonchev–Trinajstić information content (AvgIpc) is 3.10. The Bertz CT molecular complexity index is 1170. The predicted octanol–water partition coefficient (Wildman–Crippen LogP) is 2.88. The zero-order chi connectivity index (χ0) is 24.3. The molecule has 0 unspecified atom stereocenters. The van der Waals surface area contributed by atoms with Crippen molar-refractivity contribution in [2.75, 3.05) is 11.9 Å². The number of fused-ring (bicyclic) bond motifs is 1. The van der Waals surface area contributed by atoms with Crippen LogP contribution in [0.2, 0.25) is 0 Å². The average molecular weight is 495 g/mol. The number of sulfonamides is 1. The molecule has 11 heteroatoms. The van der Waals surface area contributed by atoms with Gasteiger partial charge in [-0.25, -0.2) is 23.1 Å². The van der Waals surface area contributed by atoms with E-state index in [0.717, 1.165) is 29.7 Å². The van der Waals surface area contributed by atoms with E-state index in [2.05, 4.69) is 12.2 Å². The van der Waals surface area contributed by atoms with Crippen molar-refractivity contribution in [1.82, 2.24) is 0 Å². The number of hydrogen-bond acceptors (Lipinski definition) is 8. The van der Waals surface area contributed by atoms with Crippen LogP contribution in [-0.2, 0) is 37.1 Å². The standard InChI is InChI=1S/C22H26N2O7S2/c1-4-30-22(27)18-16-10-5-12(2)11-17(16)32-20(18)24-19(25)13(3)31-21(26)14-6-8-15(9-7-14)33(23,28)29/h6-9,12-13H,4-5,10-11H2,1-3H3,(H,24,25)(H2,23,28,29)/t12-,13-/m0/s1.